The molecule has 1 saturated heterocycles. The Balaban J connectivity index is 1.81. The van der Waals surface area contributed by atoms with Crippen LogP contribution in [-0.4, -0.2) is 34.9 Å². The molecule has 1 atom stereocenters. The summed E-state index contributed by atoms with van der Waals surface area (Å²) in [6, 6.07) is 6.23. The minimum absolute atomic E-state index is 0.0989. The second-order valence-electron chi connectivity index (χ2n) is 5.99. The number of halogens is 1. The number of hydrogen-bond acceptors (Lipinski definition) is 3. The maximum absolute atomic E-state index is 13.5. The molecule has 1 N–H and O–H groups in total. The summed E-state index contributed by atoms with van der Waals surface area (Å²) < 4.78 is 20.7. The van der Waals surface area contributed by atoms with Crippen molar-refractivity contribution in [1.29, 1.82) is 0 Å². The fourth-order valence-corrected chi connectivity index (χ4v) is 2.98. The van der Waals surface area contributed by atoms with Gasteiger partial charge in [-0.05, 0) is 37.5 Å². The number of aromatic nitrogens is 2. The third-order valence-electron chi connectivity index (χ3n) is 4.17. The van der Waals surface area contributed by atoms with E-state index >= 15 is 0 Å². The Hall–Kier alpha value is -2.21. The molecule has 1 aliphatic rings. The number of hydrogen-bond donors (Lipinski definition) is 1. The predicted molar refractivity (Wildman–Crippen MR) is 88.8 cm³/mol. The maximum atomic E-state index is 13.5. The van der Waals surface area contributed by atoms with Crippen molar-refractivity contribution in [1.82, 2.24) is 15.1 Å². The van der Waals surface area contributed by atoms with Crippen LogP contribution in [0.1, 0.15) is 42.2 Å². The number of nitrogens with one attached hydrogen (secondary N) is 1. The van der Waals surface area contributed by atoms with Crippen LogP contribution in [0.4, 0.5) is 4.39 Å². The molecule has 2 aromatic rings. The fourth-order valence-electron chi connectivity index (χ4n) is 2.98. The molecule has 0 radical (unpaired) electrons. The molecule has 1 unspecified atom stereocenters. The van der Waals surface area contributed by atoms with Gasteiger partial charge in [0.15, 0.2) is 0 Å². The number of ether oxygens (including phenoxy) is 1. The van der Waals surface area contributed by atoms with Gasteiger partial charge in [0.25, 0.3) is 5.91 Å². The normalized spacial score (nSPS) is 17.2. The van der Waals surface area contributed by atoms with Gasteiger partial charge in [0, 0.05) is 13.2 Å². The summed E-state index contributed by atoms with van der Waals surface area (Å²) >= 11 is 0. The van der Waals surface area contributed by atoms with Crippen molar-refractivity contribution in [2.24, 2.45) is 0 Å². The van der Waals surface area contributed by atoms with Crippen LogP contribution in [0.15, 0.2) is 30.5 Å². The number of rotatable bonds is 6. The van der Waals surface area contributed by atoms with Crippen molar-refractivity contribution < 1.29 is 13.9 Å². The van der Waals surface area contributed by atoms with E-state index in [1.54, 1.807) is 23.0 Å². The Labute approximate surface area is 140 Å². The molecule has 5 nitrogen and oxygen atoms in total. The molecule has 1 amide bonds. The van der Waals surface area contributed by atoms with Crippen molar-refractivity contribution >= 4 is 5.91 Å². The second kappa shape index (κ2) is 7.57. The van der Waals surface area contributed by atoms with Crippen LogP contribution in [0, 0.1) is 5.82 Å². The highest BCUT2D eigenvalue weighted by Crippen LogP contribution is 2.18. The van der Waals surface area contributed by atoms with Crippen molar-refractivity contribution in [3.8, 4) is 5.69 Å². The molecule has 1 fully saturated rings. The van der Waals surface area contributed by atoms with Crippen LogP contribution in [-0.2, 0) is 11.2 Å². The van der Waals surface area contributed by atoms with Crippen LogP contribution >= 0.6 is 0 Å². The summed E-state index contributed by atoms with van der Waals surface area (Å²) in [5, 5.41) is 7.23. The zero-order valence-electron chi connectivity index (χ0n) is 13.8. The van der Waals surface area contributed by atoms with Gasteiger partial charge in [0.1, 0.15) is 5.82 Å². The lowest BCUT2D eigenvalue weighted by atomic mass is 10.1. The molecule has 1 aliphatic heterocycles. The zero-order chi connectivity index (χ0) is 16.9. The Morgan fingerprint density at radius 2 is 2.38 bits per heavy atom. The molecule has 1 aromatic heterocycles. The van der Waals surface area contributed by atoms with Gasteiger partial charge < -0.3 is 10.1 Å². The molecular formula is C18H22FN3O2. The lowest BCUT2D eigenvalue weighted by Crippen LogP contribution is -2.32. The fraction of sp³-hybridized carbons (Fsp3) is 0.444. The molecule has 6 heteroatoms. The van der Waals surface area contributed by atoms with Crippen molar-refractivity contribution in [2.75, 3.05) is 13.2 Å². The summed E-state index contributed by atoms with van der Waals surface area (Å²) in [7, 11) is 0. The standard InChI is InChI=1S/C18H22FN3O2/c1-2-5-17-16(18(23)20-11-15-8-4-9-24-15)12-21-22(17)14-7-3-6-13(19)10-14/h3,6-7,10,12,15H,2,4-5,8-9,11H2,1H3,(H,20,23). The molecule has 2 heterocycles. The molecule has 0 spiro atoms. The summed E-state index contributed by atoms with van der Waals surface area (Å²) in [5.74, 6) is -0.480. The Morgan fingerprint density at radius 1 is 1.50 bits per heavy atom. The molecule has 1 aromatic carbocycles. The highest BCUT2D eigenvalue weighted by atomic mass is 19.1. The highest BCUT2D eigenvalue weighted by molar-refractivity contribution is 5.95. The van der Waals surface area contributed by atoms with Gasteiger partial charge in [-0.2, -0.15) is 5.10 Å². The Bertz CT molecular complexity index is 708. The van der Waals surface area contributed by atoms with E-state index in [4.69, 9.17) is 4.74 Å². The second-order valence-corrected chi connectivity index (χ2v) is 5.99. The van der Waals surface area contributed by atoms with E-state index in [1.807, 2.05) is 6.92 Å². The minimum Gasteiger partial charge on any atom is -0.376 e. The van der Waals surface area contributed by atoms with E-state index < -0.39 is 0 Å². The number of carbonyl (C=O) groups excluding carboxylic acids is 1. The summed E-state index contributed by atoms with van der Waals surface area (Å²) in [4.78, 5) is 12.5. The molecule has 3 rings (SSSR count). The van der Waals surface area contributed by atoms with Crippen LogP contribution in [0.25, 0.3) is 5.69 Å². The van der Waals surface area contributed by atoms with E-state index in [0.717, 1.165) is 31.6 Å². The first-order chi connectivity index (χ1) is 11.7. The van der Waals surface area contributed by atoms with Crippen molar-refractivity contribution in [3.05, 3.63) is 47.5 Å². The summed E-state index contributed by atoms with van der Waals surface area (Å²) in [6.45, 7) is 3.31. The van der Waals surface area contributed by atoms with E-state index in [-0.39, 0.29) is 17.8 Å². The van der Waals surface area contributed by atoms with Gasteiger partial charge in [-0.1, -0.05) is 19.4 Å². The molecule has 0 saturated carbocycles. The smallest absolute Gasteiger partial charge is 0.254 e. The van der Waals surface area contributed by atoms with Gasteiger partial charge in [0.05, 0.1) is 29.2 Å². The molecule has 0 bridgehead atoms. The van der Waals surface area contributed by atoms with Crippen LogP contribution in [0.5, 0.6) is 0 Å². The number of carbonyl (C=O) groups is 1. The van der Waals surface area contributed by atoms with E-state index in [9.17, 15) is 9.18 Å². The van der Waals surface area contributed by atoms with Gasteiger partial charge in [-0.3, -0.25) is 4.79 Å². The third-order valence-corrected chi connectivity index (χ3v) is 4.17. The van der Waals surface area contributed by atoms with Gasteiger partial charge in [0.2, 0.25) is 0 Å². The van der Waals surface area contributed by atoms with E-state index in [1.165, 1.54) is 12.1 Å². The maximum Gasteiger partial charge on any atom is 0.254 e. The quantitative estimate of drug-likeness (QED) is 0.885. The predicted octanol–water partition coefficient (Wildman–Crippen LogP) is 2.87. The third kappa shape index (κ3) is 3.64. The summed E-state index contributed by atoms with van der Waals surface area (Å²) in [5.41, 5.74) is 1.96. The largest absolute Gasteiger partial charge is 0.376 e. The lowest BCUT2D eigenvalue weighted by molar-refractivity contribution is 0.0857. The first kappa shape index (κ1) is 16.6. The van der Waals surface area contributed by atoms with Gasteiger partial charge >= 0.3 is 0 Å². The number of benzene rings is 1. The van der Waals surface area contributed by atoms with E-state index in [0.29, 0.717) is 24.2 Å². The lowest BCUT2D eigenvalue weighted by Gasteiger charge is -2.12. The molecule has 128 valence electrons. The molecule has 0 aliphatic carbocycles. The monoisotopic (exact) mass is 331 g/mol. The average molecular weight is 331 g/mol. The zero-order valence-corrected chi connectivity index (χ0v) is 13.8. The Morgan fingerprint density at radius 3 is 3.08 bits per heavy atom. The SMILES string of the molecule is CCCc1c(C(=O)NCC2CCCO2)cnn1-c1cccc(F)c1. The first-order valence-electron chi connectivity index (χ1n) is 8.41. The van der Waals surface area contributed by atoms with Crippen LogP contribution < -0.4 is 5.32 Å². The van der Waals surface area contributed by atoms with Crippen LogP contribution in [0.3, 0.4) is 0 Å². The van der Waals surface area contributed by atoms with E-state index in [2.05, 4.69) is 10.4 Å². The number of nitrogens with zero attached hydrogens (tertiary/aromatic N) is 2. The topological polar surface area (TPSA) is 56.1 Å². The molecule has 24 heavy (non-hydrogen) atoms. The van der Waals surface area contributed by atoms with Gasteiger partial charge in [-0.25, -0.2) is 9.07 Å². The van der Waals surface area contributed by atoms with Crippen LogP contribution in [0.2, 0.25) is 0 Å². The average Bonchev–Trinajstić information content (AvgIpc) is 3.23. The highest BCUT2D eigenvalue weighted by Gasteiger charge is 2.20. The van der Waals surface area contributed by atoms with Crippen molar-refractivity contribution in [2.45, 2.75) is 38.7 Å². The Kier molecular flexibility index (Phi) is 5.25. The van der Waals surface area contributed by atoms with Crippen molar-refractivity contribution in [3.63, 3.8) is 0 Å². The van der Waals surface area contributed by atoms with Gasteiger partial charge in [-0.15, -0.1) is 0 Å². The summed E-state index contributed by atoms with van der Waals surface area (Å²) in [6.07, 6.45) is 5.23. The molecular weight excluding hydrogens is 309 g/mol. The minimum atomic E-state index is -0.324. The number of amides is 1. The first-order valence-corrected chi connectivity index (χ1v) is 8.41.